The Hall–Kier alpha value is -2.27. The molecule has 3 heterocycles. The zero-order valence-electron chi connectivity index (χ0n) is 14.9. The first-order valence-corrected chi connectivity index (χ1v) is 9.06. The van der Waals surface area contributed by atoms with Crippen LogP contribution in [-0.2, 0) is 17.8 Å². The summed E-state index contributed by atoms with van der Waals surface area (Å²) in [6, 6.07) is 8.55. The van der Waals surface area contributed by atoms with Gasteiger partial charge in [-0.15, -0.1) is 0 Å². The van der Waals surface area contributed by atoms with Gasteiger partial charge in [0.2, 0.25) is 0 Å². The maximum Gasteiger partial charge on any atom is 0.149 e. The van der Waals surface area contributed by atoms with Crippen molar-refractivity contribution >= 4 is 5.71 Å². The number of rotatable bonds is 5. The largest absolute Gasteiger partial charge is 0.390 e. The van der Waals surface area contributed by atoms with Gasteiger partial charge in [0.15, 0.2) is 0 Å². The molecular weight excluding hydrogens is 312 g/mol. The fraction of sp³-hybridized carbons (Fsp3) is 0.450. The first-order valence-electron chi connectivity index (χ1n) is 9.06. The Kier molecular flexibility index (Phi) is 4.49. The normalized spacial score (nSPS) is 22.6. The van der Waals surface area contributed by atoms with Gasteiger partial charge >= 0.3 is 0 Å². The Bertz CT molecular complexity index is 754. The first-order chi connectivity index (χ1) is 12.2. The number of fused-ring (bicyclic) bond motifs is 1. The lowest BCUT2D eigenvalue weighted by molar-refractivity contribution is 0.0745. The quantitative estimate of drug-likeness (QED) is 0.842. The molecule has 0 aliphatic carbocycles. The molecule has 2 aliphatic heterocycles. The third-order valence-electron chi connectivity index (χ3n) is 4.97. The predicted molar refractivity (Wildman–Crippen MR) is 97.4 cm³/mol. The van der Waals surface area contributed by atoms with Crippen molar-refractivity contribution in [2.45, 2.75) is 39.3 Å². The second kappa shape index (κ2) is 6.92. The fourth-order valence-electron chi connectivity index (χ4n) is 3.61. The van der Waals surface area contributed by atoms with Crippen LogP contribution < -0.4 is 0 Å². The summed E-state index contributed by atoms with van der Waals surface area (Å²) in [5.74, 6) is 1.28. The van der Waals surface area contributed by atoms with Crippen molar-refractivity contribution in [3.63, 3.8) is 0 Å². The second-order valence-corrected chi connectivity index (χ2v) is 7.04. The summed E-state index contributed by atoms with van der Waals surface area (Å²) < 4.78 is 0. The molecule has 0 unspecified atom stereocenters. The Morgan fingerprint density at radius 2 is 1.88 bits per heavy atom. The van der Waals surface area contributed by atoms with Crippen LogP contribution in [0.3, 0.4) is 0 Å². The minimum Gasteiger partial charge on any atom is -0.390 e. The maximum atomic E-state index is 5.71. The van der Waals surface area contributed by atoms with E-state index in [0.29, 0.717) is 5.92 Å². The molecular formula is C20H24N4O. The molecule has 2 aromatic rings. The molecule has 25 heavy (non-hydrogen) atoms. The zero-order valence-corrected chi connectivity index (χ0v) is 14.9. The van der Waals surface area contributed by atoms with Crippen molar-refractivity contribution in [1.82, 2.24) is 14.9 Å². The van der Waals surface area contributed by atoms with Crippen molar-refractivity contribution in [3.8, 4) is 0 Å². The van der Waals surface area contributed by atoms with Crippen molar-refractivity contribution in [2.24, 2.45) is 11.1 Å². The van der Waals surface area contributed by atoms with E-state index in [2.05, 4.69) is 58.1 Å². The van der Waals surface area contributed by atoms with Gasteiger partial charge in [0.1, 0.15) is 11.9 Å². The van der Waals surface area contributed by atoms with Gasteiger partial charge in [-0.05, 0) is 18.9 Å². The molecule has 0 N–H and O–H groups in total. The van der Waals surface area contributed by atoms with Crippen LogP contribution in [0.4, 0.5) is 0 Å². The van der Waals surface area contributed by atoms with Crippen LogP contribution in [0, 0.1) is 12.8 Å². The number of likely N-dealkylation sites (tertiary alicyclic amines) is 1. The monoisotopic (exact) mass is 336 g/mol. The van der Waals surface area contributed by atoms with E-state index in [1.54, 1.807) is 0 Å². The summed E-state index contributed by atoms with van der Waals surface area (Å²) in [7, 11) is 0. The molecule has 130 valence electrons. The summed E-state index contributed by atoms with van der Waals surface area (Å²) in [4.78, 5) is 17.0. The molecule has 0 radical (unpaired) electrons. The third-order valence-corrected chi connectivity index (χ3v) is 4.97. The minimum absolute atomic E-state index is 0.164. The molecule has 1 aromatic heterocycles. The molecule has 4 rings (SSSR count). The van der Waals surface area contributed by atoms with E-state index in [4.69, 9.17) is 4.84 Å². The average Bonchev–Trinajstić information content (AvgIpc) is 3.18. The van der Waals surface area contributed by atoms with Gasteiger partial charge in [-0.3, -0.25) is 4.90 Å². The smallest absolute Gasteiger partial charge is 0.149 e. The highest BCUT2D eigenvalue weighted by Gasteiger charge is 2.42. The number of nitrogens with zero attached hydrogens (tertiary/aromatic N) is 4. The molecule has 1 aromatic carbocycles. The van der Waals surface area contributed by atoms with E-state index in [1.807, 2.05) is 12.4 Å². The molecule has 1 fully saturated rings. The van der Waals surface area contributed by atoms with Gasteiger partial charge in [0.05, 0.1) is 11.6 Å². The van der Waals surface area contributed by atoms with Crippen molar-refractivity contribution < 1.29 is 4.84 Å². The highest BCUT2D eigenvalue weighted by atomic mass is 16.6. The molecule has 0 spiro atoms. The van der Waals surface area contributed by atoms with Crippen LogP contribution in [0.5, 0.6) is 0 Å². The van der Waals surface area contributed by atoms with Gasteiger partial charge in [-0.2, -0.15) is 0 Å². The van der Waals surface area contributed by atoms with E-state index in [1.165, 1.54) is 11.1 Å². The zero-order chi connectivity index (χ0) is 17.2. The van der Waals surface area contributed by atoms with Crippen LogP contribution in [0.2, 0.25) is 0 Å². The number of hydrogen-bond donors (Lipinski definition) is 0. The number of oxime groups is 1. The molecule has 0 saturated carbocycles. The van der Waals surface area contributed by atoms with Gasteiger partial charge in [-0.25, -0.2) is 9.97 Å². The summed E-state index contributed by atoms with van der Waals surface area (Å²) in [5.41, 5.74) is 4.68. The Morgan fingerprint density at radius 1 is 1.12 bits per heavy atom. The lowest BCUT2D eigenvalue weighted by Gasteiger charge is -2.16. The van der Waals surface area contributed by atoms with E-state index in [-0.39, 0.29) is 6.10 Å². The Morgan fingerprint density at radius 3 is 2.60 bits per heavy atom. The number of benzene rings is 1. The predicted octanol–water partition coefficient (Wildman–Crippen LogP) is 2.97. The summed E-state index contributed by atoms with van der Waals surface area (Å²) in [5, 5.41) is 4.36. The summed E-state index contributed by atoms with van der Waals surface area (Å²) in [6.07, 6.45) is 6.10. The van der Waals surface area contributed by atoms with Crippen LogP contribution in [-0.4, -0.2) is 39.8 Å². The van der Waals surface area contributed by atoms with Crippen LogP contribution in [0.15, 0.2) is 41.8 Å². The SMILES string of the molecule is CCCc1ncc(CN2C[C@@H]3ON=C(c4ccc(C)cc4)[C@H]3C2)cn1. The molecule has 0 bridgehead atoms. The van der Waals surface area contributed by atoms with E-state index >= 15 is 0 Å². The average molecular weight is 336 g/mol. The fourth-order valence-corrected chi connectivity index (χ4v) is 3.61. The van der Waals surface area contributed by atoms with E-state index in [9.17, 15) is 0 Å². The molecule has 1 saturated heterocycles. The summed E-state index contributed by atoms with van der Waals surface area (Å²) >= 11 is 0. The Balaban J connectivity index is 1.41. The highest BCUT2D eigenvalue weighted by Crippen LogP contribution is 2.30. The maximum absolute atomic E-state index is 5.71. The third kappa shape index (κ3) is 3.42. The number of aromatic nitrogens is 2. The van der Waals surface area contributed by atoms with Gasteiger partial charge in [0.25, 0.3) is 0 Å². The molecule has 0 amide bonds. The van der Waals surface area contributed by atoms with Crippen molar-refractivity contribution in [2.75, 3.05) is 13.1 Å². The summed E-state index contributed by atoms with van der Waals surface area (Å²) in [6.45, 7) is 6.98. The molecule has 5 nitrogen and oxygen atoms in total. The van der Waals surface area contributed by atoms with Crippen LogP contribution in [0.1, 0.15) is 35.9 Å². The minimum atomic E-state index is 0.164. The standard InChI is InChI=1S/C20H24N4O/c1-3-4-19-21-9-15(10-22-19)11-24-12-17-18(13-24)25-23-20(17)16-7-5-14(2)6-8-16/h5-10,17-18H,3-4,11-13H2,1-2H3/t17-,18-/m0/s1. The number of hydrogen-bond acceptors (Lipinski definition) is 5. The van der Waals surface area contributed by atoms with Gasteiger partial charge in [0, 0.05) is 44.0 Å². The van der Waals surface area contributed by atoms with Crippen LogP contribution in [0.25, 0.3) is 0 Å². The van der Waals surface area contributed by atoms with E-state index in [0.717, 1.165) is 49.6 Å². The highest BCUT2D eigenvalue weighted by molar-refractivity contribution is 6.03. The van der Waals surface area contributed by atoms with Gasteiger partial charge in [-0.1, -0.05) is 41.9 Å². The van der Waals surface area contributed by atoms with E-state index < -0.39 is 0 Å². The lowest BCUT2D eigenvalue weighted by atomic mass is 9.94. The topological polar surface area (TPSA) is 50.6 Å². The van der Waals surface area contributed by atoms with Crippen LogP contribution >= 0.6 is 0 Å². The Labute approximate surface area is 148 Å². The number of aryl methyl sites for hydroxylation is 2. The first kappa shape index (κ1) is 16.2. The molecule has 2 aliphatic rings. The van der Waals surface area contributed by atoms with Crippen molar-refractivity contribution in [1.29, 1.82) is 0 Å². The molecule has 5 heteroatoms. The lowest BCUT2D eigenvalue weighted by Crippen LogP contribution is -2.23. The van der Waals surface area contributed by atoms with Crippen molar-refractivity contribution in [3.05, 3.63) is 59.2 Å². The van der Waals surface area contributed by atoms with Gasteiger partial charge < -0.3 is 4.84 Å². The molecule has 2 atom stereocenters. The second-order valence-electron chi connectivity index (χ2n) is 7.04.